The Morgan fingerprint density at radius 2 is 1.95 bits per heavy atom. The Kier molecular flexibility index (Phi) is 5.97. The minimum Gasteiger partial charge on any atom is -0.497 e. The van der Waals surface area contributed by atoms with E-state index in [-0.39, 0.29) is 11.4 Å². The van der Waals surface area contributed by atoms with Crippen LogP contribution in [0.2, 0.25) is 0 Å². The molecule has 2 N–H and O–H groups in total. The SMILES string of the molecule is CCCC(CNS(=O)(=O)c1ccc(OC)cc1)C(=O)O. The van der Waals surface area contributed by atoms with Gasteiger partial charge < -0.3 is 9.84 Å². The van der Waals surface area contributed by atoms with E-state index in [1.807, 2.05) is 6.92 Å². The molecule has 1 unspecified atom stereocenters. The Balaban J connectivity index is 2.75. The molecule has 0 saturated carbocycles. The molecule has 0 fully saturated rings. The van der Waals surface area contributed by atoms with Gasteiger partial charge in [0.05, 0.1) is 17.9 Å². The summed E-state index contributed by atoms with van der Waals surface area (Å²) in [5.41, 5.74) is 0. The third kappa shape index (κ3) is 4.50. The summed E-state index contributed by atoms with van der Waals surface area (Å²) in [5.74, 6) is -1.16. The van der Waals surface area contributed by atoms with Crippen molar-refractivity contribution in [2.45, 2.75) is 24.7 Å². The van der Waals surface area contributed by atoms with Crippen molar-refractivity contribution in [1.82, 2.24) is 4.72 Å². The number of hydrogen-bond donors (Lipinski definition) is 2. The lowest BCUT2D eigenvalue weighted by molar-refractivity contribution is -0.141. The average Bonchev–Trinajstić information content (AvgIpc) is 2.43. The third-order valence-electron chi connectivity index (χ3n) is 2.88. The maximum atomic E-state index is 12.0. The highest BCUT2D eigenvalue weighted by Gasteiger charge is 2.21. The van der Waals surface area contributed by atoms with Gasteiger partial charge in [0.1, 0.15) is 5.75 Å². The van der Waals surface area contributed by atoms with Crippen LogP contribution >= 0.6 is 0 Å². The van der Waals surface area contributed by atoms with Crippen molar-refractivity contribution >= 4 is 16.0 Å². The first-order valence-corrected chi connectivity index (χ1v) is 7.75. The molecule has 20 heavy (non-hydrogen) atoms. The lowest BCUT2D eigenvalue weighted by Crippen LogP contribution is -2.32. The molecule has 0 saturated heterocycles. The van der Waals surface area contributed by atoms with E-state index in [1.54, 1.807) is 0 Å². The van der Waals surface area contributed by atoms with E-state index >= 15 is 0 Å². The molecule has 0 spiro atoms. The first-order chi connectivity index (χ1) is 9.40. The van der Waals surface area contributed by atoms with Crippen LogP contribution in [-0.2, 0) is 14.8 Å². The van der Waals surface area contributed by atoms with Gasteiger partial charge in [-0.2, -0.15) is 0 Å². The average molecular weight is 301 g/mol. The molecule has 1 aromatic rings. The summed E-state index contributed by atoms with van der Waals surface area (Å²) < 4.78 is 31.3. The van der Waals surface area contributed by atoms with Crippen molar-refractivity contribution in [3.63, 3.8) is 0 Å². The number of methoxy groups -OCH3 is 1. The van der Waals surface area contributed by atoms with Gasteiger partial charge in [0, 0.05) is 6.54 Å². The van der Waals surface area contributed by atoms with E-state index in [4.69, 9.17) is 9.84 Å². The van der Waals surface area contributed by atoms with Crippen LogP contribution in [0.5, 0.6) is 5.75 Å². The first-order valence-electron chi connectivity index (χ1n) is 6.27. The molecule has 1 atom stereocenters. The molecule has 0 heterocycles. The molecule has 1 rings (SSSR count). The smallest absolute Gasteiger partial charge is 0.307 e. The highest BCUT2D eigenvalue weighted by Crippen LogP contribution is 2.16. The molecule has 112 valence electrons. The number of carboxylic acids is 1. The summed E-state index contributed by atoms with van der Waals surface area (Å²) in [4.78, 5) is 11.1. The van der Waals surface area contributed by atoms with Crippen molar-refractivity contribution < 1.29 is 23.1 Å². The second-order valence-electron chi connectivity index (χ2n) is 4.35. The second kappa shape index (κ2) is 7.25. The van der Waals surface area contributed by atoms with Crippen LogP contribution in [0.1, 0.15) is 19.8 Å². The molecule has 0 radical (unpaired) electrons. The number of sulfonamides is 1. The van der Waals surface area contributed by atoms with Crippen LogP contribution in [0.25, 0.3) is 0 Å². The normalized spacial score (nSPS) is 12.9. The largest absolute Gasteiger partial charge is 0.497 e. The fourth-order valence-electron chi connectivity index (χ4n) is 1.71. The Labute approximate surface area is 118 Å². The molecule has 7 heteroatoms. The lowest BCUT2D eigenvalue weighted by Gasteiger charge is -2.13. The zero-order valence-electron chi connectivity index (χ0n) is 11.5. The highest BCUT2D eigenvalue weighted by atomic mass is 32.2. The number of aliphatic carboxylic acids is 1. The highest BCUT2D eigenvalue weighted by molar-refractivity contribution is 7.89. The predicted octanol–water partition coefficient (Wildman–Crippen LogP) is 1.47. The van der Waals surface area contributed by atoms with Crippen LogP contribution < -0.4 is 9.46 Å². The first kappa shape index (κ1) is 16.5. The summed E-state index contributed by atoms with van der Waals surface area (Å²) in [6.07, 6.45) is 1.11. The number of rotatable bonds is 8. The molecule has 0 aliphatic heterocycles. The van der Waals surface area contributed by atoms with Crippen LogP contribution in [0.3, 0.4) is 0 Å². The summed E-state index contributed by atoms with van der Waals surface area (Å²) >= 11 is 0. The van der Waals surface area contributed by atoms with Crippen LogP contribution in [0.15, 0.2) is 29.2 Å². The van der Waals surface area contributed by atoms with Crippen molar-refractivity contribution in [2.75, 3.05) is 13.7 Å². The Bertz CT molecular complexity index is 538. The topological polar surface area (TPSA) is 92.7 Å². The molecule has 0 aliphatic carbocycles. The number of nitrogens with one attached hydrogen (secondary N) is 1. The van der Waals surface area contributed by atoms with Gasteiger partial charge in [-0.3, -0.25) is 4.79 Å². The predicted molar refractivity (Wildman–Crippen MR) is 74.2 cm³/mol. The zero-order chi connectivity index (χ0) is 15.2. The molecule has 1 aromatic carbocycles. The number of carboxylic acid groups (broad SMARTS) is 1. The summed E-state index contributed by atoms with van der Waals surface area (Å²) in [5, 5.41) is 8.99. The fourth-order valence-corrected chi connectivity index (χ4v) is 2.79. The van der Waals surface area contributed by atoms with E-state index in [1.165, 1.54) is 31.4 Å². The van der Waals surface area contributed by atoms with E-state index in [0.29, 0.717) is 18.6 Å². The van der Waals surface area contributed by atoms with Gasteiger partial charge in [0.2, 0.25) is 10.0 Å². The number of hydrogen-bond acceptors (Lipinski definition) is 4. The molecular weight excluding hydrogens is 282 g/mol. The van der Waals surface area contributed by atoms with Gasteiger partial charge in [-0.05, 0) is 30.7 Å². The van der Waals surface area contributed by atoms with Gasteiger partial charge in [0.15, 0.2) is 0 Å². The molecule has 0 aromatic heterocycles. The Morgan fingerprint density at radius 3 is 2.40 bits per heavy atom. The van der Waals surface area contributed by atoms with Crippen molar-refractivity contribution in [3.05, 3.63) is 24.3 Å². The van der Waals surface area contributed by atoms with Gasteiger partial charge in [-0.15, -0.1) is 0 Å². The standard InChI is InChI=1S/C13H19NO5S/c1-3-4-10(13(15)16)9-14-20(17,18)12-7-5-11(19-2)6-8-12/h5-8,10,14H,3-4,9H2,1-2H3,(H,15,16). The molecule has 6 nitrogen and oxygen atoms in total. The number of benzene rings is 1. The number of ether oxygens (including phenoxy) is 1. The monoisotopic (exact) mass is 301 g/mol. The summed E-state index contributed by atoms with van der Waals surface area (Å²) in [7, 11) is -2.21. The van der Waals surface area contributed by atoms with Crippen molar-refractivity contribution in [3.8, 4) is 5.75 Å². The molecular formula is C13H19NO5S. The van der Waals surface area contributed by atoms with E-state index in [0.717, 1.165) is 0 Å². The van der Waals surface area contributed by atoms with Crippen LogP contribution in [0, 0.1) is 5.92 Å². The lowest BCUT2D eigenvalue weighted by atomic mass is 10.1. The van der Waals surface area contributed by atoms with Crippen molar-refractivity contribution in [1.29, 1.82) is 0 Å². The minimum atomic E-state index is -3.70. The van der Waals surface area contributed by atoms with E-state index < -0.39 is 21.9 Å². The third-order valence-corrected chi connectivity index (χ3v) is 4.32. The fraction of sp³-hybridized carbons (Fsp3) is 0.462. The van der Waals surface area contributed by atoms with Crippen LogP contribution in [-0.4, -0.2) is 33.1 Å². The quantitative estimate of drug-likeness (QED) is 0.758. The molecule has 0 aliphatic rings. The zero-order valence-corrected chi connectivity index (χ0v) is 12.3. The molecule has 0 amide bonds. The van der Waals surface area contributed by atoms with E-state index in [9.17, 15) is 13.2 Å². The van der Waals surface area contributed by atoms with Gasteiger partial charge in [-0.1, -0.05) is 13.3 Å². The van der Waals surface area contributed by atoms with Gasteiger partial charge in [-0.25, -0.2) is 13.1 Å². The van der Waals surface area contributed by atoms with Crippen LogP contribution in [0.4, 0.5) is 0 Å². The van der Waals surface area contributed by atoms with Crippen molar-refractivity contribution in [2.24, 2.45) is 5.92 Å². The number of carbonyl (C=O) groups is 1. The Morgan fingerprint density at radius 1 is 1.35 bits per heavy atom. The summed E-state index contributed by atoms with van der Waals surface area (Å²) in [6, 6.07) is 5.90. The minimum absolute atomic E-state index is 0.0823. The Hall–Kier alpha value is -1.60. The van der Waals surface area contributed by atoms with E-state index in [2.05, 4.69) is 4.72 Å². The van der Waals surface area contributed by atoms with Gasteiger partial charge in [0.25, 0.3) is 0 Å². The maximum Gasteiger partial charge on any atom is 0.307 e. The van der Waals surface area contributed by atoms with Gasteiger partial charge >= 0.3 is 5.97 Å². The maximum absolute atomic E-state index is 12.0. The second-order valence-corrected chi connectivity index (χ2v) is 6.12. The molecule has 0 bridgehead atoms. The summed E-state index contributed by atoms with van der Waals surface area (Å²) in [6.45, 7) is 1.74.